The second-order valence-corrected chi connectivity index (χ2v) is 4.07. The molecule has 2 rings (SSSR count). The largest absolute Gasteiger partial charge is 0.491 e. The fraction of sp³-hybridized carbons (Fsp3) is 0.267. The van der Waals surface area contributed by atoms with Crippen molar-refractivity contribution in [3.05, 3.63) is 48.1 Å². The average Bonchev–Trinajstić information content (AvgIpc) is 3.19. The molecule has 94 valence electrons. The average molecular weight is 244 g/mol. The second kappa shape index (κ2) is 6.17. The van der Waals surface area contributed by atoms with Crippen molar-refractivity contribution < 1.29 is 14.3 Å². The molecule has 0 saturated carbocycles. The molecule has 0 radical (unpaired) electrons. The van der Waals surface area contributed by atoms with E-state index in [0.29, 0.717) is 6.61 Å². The quantitative estimate of drug-likeness (QED) is 0.570. The van der Waals surface area contributed by atoms with Crippen molar-refractivity contribution in [1.29, 1.82) is 0 Å². The molecule has 1 aliphatic heterocycles. The van der Waals surface area contributed by atoms with Gasteiger partial charge < -0.3 is 9.47 Å². The summed E-state index contributed by atoms with van der Waals surface area (Å²) in [7, 11) is 0. The normalized spacial score (nSPS) is 18.4. The number of ether oxygens (including phenoxy) is 2. The van der Waals surface area contributed by atoms with Crippen LogP contribution in [0.1, 0.15) is 12.5 Å². The topological polar surface area (TPSA) is 38.8 Å². The van der Waals surface area contributed by atoms with Crippen LogP contribution in [0.5, 0.6) is 5.75 Å². The number of hydrogen-bond donors (Lipinski definition) is 0. The maximum atomic E-state index is 11.3. The first-order valence-corrected chi connectivity index (χ1v) is 5.97. The summed E-state index contributed by atoms with van der Waals surface area (Å²) >= 11 is 0. The van der Waals surface area contributed by atoms with Gasteiger partial charge in [-0.05, 0) is 36.8 Å². The molecule has 1 aromatic rings. The maximum Gasteiger partial charge on any atom is 0.178 e. The highest BCUT2D eigenvalue weighted by Gasteiger charge is 2.22. The van der Waals surface area contributed by atoms with Crippen molar-refractivity contribution in [2.24, 2.45) is 0 Å². The third-order valence-corrected chi connectivity index (χ3v) is 2.49. The van der Waals surface area contributed by atoms with E-state index in [1.54, 1.807) is 18.2 Å². The number of rotatable bonds is 6. The summed E-state index contributed by atoms with van der Waals surface area (Å²) in [6, 6.07) is 7.62. The molecule has 0 bridgehead atoms. The van der Waals surface area contributed by atoms with Crippen LogP contribution < -0.4 is 4.74 Å². The molecule has 1 saturated heterocycles. The number of carbonyl (C=O) groups is 1. The lowest BCUT2D eigenvalue weighted by molar-refractivity contribution is -0.110. The van der Waals surface area contributed by atoms with E-state index in [2.05, 4.69) is 0 Å². The van der Waals surface area contributed by atoms with Gasteiger partial charge >= 0.3 is 0 Å². The van der Waals surface area contributed by atoms with Gasteiger partial charge in [0.05, 0.1) is 6.61 Å². The summed E-state index contributed by atoms with van der Waals surface area (Å²) in [5.41, 5.74) is 0.975. The molecule has 1 aliphatic rings. The lowest BCUT2D eigenvalue weighted by Crippen LogP contribution is -2.03. The van der Waals surface area contributed by atoms with E-state index in [-0.39, 0.29) is 11.9 Å². The van der Waals surface area contributed by atoms with E-state index in [4.69, 9.17) is 9.47 Å². The Labute approximate surface area is 107 Å². The Hall–Kier alpha value is -1.87. The Morgan fingerprint density at radius 1 is 1.39 bits per heavy atom. The highest BCUT2D eigenvalue weighted by Crippen LogP contribution is 2.16. The molecule has 1 fully saturated rings. The van der Waals surface area contributed by atoms with Crippen molar-refractivity contribution in [2.45, 2.75) is 13.0 Å². The lowest BCUT2D eigenvalue weighted by atomic mass is 10.2. The smallest absolute Gasteiger partial charge is 0.178 e. The molecule has 0 spiro atoms. The third kappa shape index (κ3) is 4.18. The first-order valence-electron chi connectivity index (χ1n) is 5.97. The zero-order valence-electron chi connectivity index (χ0n) is 10.3. The van der Waals surface area contributed by atoms with Crippen molar-refractivity contribution in [1.82, 2.24) is 0 Å². The van der Waals surface area contributed by atoms with Crippen LogP contribution in [-0.4, -0.2) is 25.1 Å². The Balaban J connectivity index is 1.87. The molecule has 0 aromatic heterocycles. The van der Waals surface area contributed by atoms with Gasteiger partial charge in [0.1, 0.15) is 18.5 Å². The summed E-state index contributed by atoms with van der Waals surface area (Å²) in [5, 5.41) is 0. The van der Waals surface area contributed by atoms with Crippen LogP contribution >= 0.6 is 0 Å². The molecular weight excluding hydrogens is 228 g/mol. The van der Waals surface area contributed by atoms with Gasteiger partial charge in [-0.3, -0.25) is 4.79 Å². The Bertz CT molecular complexity index is 453. The SMILES string of the molecule is C/C=C/C(=O)/C=C/c1ccc(OCC2CO2)cc1. The van der Waals surface area contributed by atoms with E-state index in [0.717, 1.165) is 17.9 Å². The van der Waals surface area contributed by atoms with E-state index in [1.807, 2.05) is 31.2 Å². The van der Waals surface area contributed by atoms with Gasteiger partial charge in [-0.1, -0.05) is 24.3 Å². The molecule has 0 amide bonds. The van der Waals surface area contributed by atoms with Crippen LogP contribution in [0.25, 0.3) is 6.08 Å². The first-order chi connectivity index (χ1) is 8.78. The summed E-state index contributed by atoms with van der Waals surface area (Å²) in [6.45, 7) is 3.23. The number of ketones is 1. The number of benzene rings is 1. The van der Waals surface area contributed by atoms with Crippen LogP contribution in [0.2, 0.25) is 0 Å². The van der Waals surface area contributed by atoms with Crippen LogP contribution in [0.15, 0.2) is 42.5 Å². The van der Waals surface area contributed by atoms with Crippen LogP contribution in [0.3, 0.4) is 0 Å². The molecule has 0 aliphatic carbocycles. The van der Waals surface area contributed by atoms with E-state index in [9.17, 15) is 4.79 Å². The van der Waals surface area contributed by atoms with Gasteiger partial charge in [-0.2, -0.15) is 0 Å². The molecule has 1 aromatic carbocycles. The summed E-state index contributed by atoms with van der Waals surface area (Å²) < 4.78 is 10.6. The highest BCUT2D eigenvalue weighted by atomic mass is 16.6. The predicted octanol–water partition coefficient (Wildman–Crippen LogP) is 2.62. The standard InChI is InChI=1S/C15H16O3/c1-2-3-13(16)7-4-12-5-8-14(9-6-12)17-10-15-11-18-15/h2-9,15H,10-11H2,1H3/b3-2+,7-4+. The summed E-state index contributed by atoms with van der Waals surface area (Å²) in [5.74, 6) is 0.811. The minimum absolute atomic E-state index is 0.0105. The van der Waals surface area contributed by atoms with Crippen molar-refractivity contribution in [3.63, 3.8) is 0 Å². The Morgan fingerprint density at radius 3 is 2.72 bits per heavy atom. The van der Waals surface area contributed by atoms with Gasteiger partial charge in [0.15, 0.2) is 5.78 Å². The number of epoxide rings is 1. The van der Waals surface area contributed by atoms with Crippen LogP contribution in [0.4, 0.5) is 0 Å². The minimum atomic E-state index is -0.0105. The van der Waals surface area contributed by atoms with Gasteiger partial charge in [0, 0.05) is 0 Å². The van der Waals surface area contributed by atoms with Crippen LogP contribution in [-0.2, 0) is 9.53 Å². The molecule has 1 atom stereocenters. The zero-order chi connectivity index (χ0) is 12.8. The van der Waals surface area contributed by atoms with E-state index < -0.39 is 0 Å². The zero-order valence-corrected chi connectivity index (χ0v) is 10.3. The third-order valence-electron chi connectivity index (χ3n) is 2.49. The van der Waals surface area contributed by atoms with Gasteiger partial charge in [-0.15, -0.1) is 0 Å². The van der Waals surface area contributed by atoms with E-state index in [1.165, 1.54) is 6.08 Å². The Kier molecular flexibility index (Phi) is 4.31. The molecule has 0 N–H and O–H groups in total. The molecule has 3 heteroatoms. The number of hydrogen-bond acceptors (Lipinski definition) is 3. The minimum Gasteiger partial charge on any atom is -0.491 e. The number of carbonyl (C=O) groups excluding carboxylic acids is 1. The fourth-order valence-electron chi connectivity index (χ4n) is 1.43. The Morgan fingerprint density at radius 2 is 2.11 bits per heavy atom. The van der Waals surface area contributed by atoms with Crippen molar-refractivity contribution in [2.75, 3.05) is 13.2 Å². The molecule has 1 heterocycles. The van der Waals surface area contributed by atoms with Crippen molar-refractivity contribution >= 4 is 11.9 Å². The van der Waals surface area contributed by atoms with Gasteiger partial charge in [0.25, 0.3) is 0 Å². The molecule has 18 heavy (non-hydrogen) atoms. The molecule has 3 nitrogen and oxygen atoms in total. The monoisotopic (exact) mass is 244 g/mol. The lowest BCUT2D eigenvalue weighted by Gasteiger charge is -2.03. The van der Waals surface area contributed by atoms with Crippen molar-refractivity contribution in [3.8, 4) is 5.75 Å². The first kappa shape index (κ1) is 12.6. The second-order valence-electron chi connectivity index (χ2n) is 4.07. The highest BCUT2D eigenvalue weighted by molar-refractivity contribution is 6.01. The molecular formula is C15H16O3. The van der Waals surface area contributed by atoms with E-state index >= 15 is 0 Å². The van der Waals surface area contributed by atoms with Gasteiger partial charge in [-0.25, -0.2) is 0 Å². The summed E-state index contributed by atoms with van der Waals surface area (Å²) in [4.78, 5) is 11.3. The molecule has 1 unspecified atom stereocenters. The fourth-order valence-corrected chi connectivity index (χ4v) is 1.43. The van der Waals surface area contributed by atoms with Crippen LogP contribution in [0, 0.1) is 0 Å². The predicted molar refractivity (Wildman–Crippen MR) is 70.5 cm³/mol. The maximum absolute atomic E-state index is 11.3. The van der Waals surface area contributed by atoms with Gasteiger partial charge in [0.2, 0.25) is 0 Å². The summed E-state index contributed by atoms with van der Waals surface area (Å²) in [6.07, 6.45) is 6.86. The number of allylic oxidation sites excluding steroid dienone is 3.